The van der Waals surface area contributed by atoms with Gasteiger partial charge in [0.15, 0.2) is 0 Å². The number of allylic oxidation sites excluding steroid dienone is 1. The fourth-order valence-electron chi connectivity index (χ4n) is 1.02. The fourth-order valence-corrected chi connectivity index (χ4v) is 1.59. The molecule has 0 aromatic heterocycles. The number of rotatable bonds is 2. The average molecular weight is 344 g/mol. The largest absolute Gasteiger partial charge is 0.416 e. The maximum absolute atomic E-state index is 12.4. The Morgan fingerprint density at radius 1 is 1.27 bits per heavy atom. The Kier molecular flexibility index (Phi) is 4.40. The molecule has 0 radical (unpaired) electrons. The molecule has 0 amide bonds. The predicted molar refractivity (Wildman–Crippen MR) is 62.0 cm³/mol. The summed E-state index contributed by atoms with van der Waals surface area (Å²) in [6, 6.07) is 3.57. The van der Waals surface area contributed by atoms with Crippen molar-refractivity contribution in [2.75, 3.05) is 5.33 Å². The van der Waals surface area contributed by atoms with Crippen LogP contribution in [0.3, 0.4) is 0 Å². The normalized spacial score (nSPS) is 12.3. The minimum atomic E-state index is -4.29. The molecule has 1 aromatic rings. The van der Waals surface area contributed by atoms with Gasteiger partial charge in [-0.1, -0.05) is 44.0 Å². The summed E-state index contributed by atoms with van der Waals surface area (Å²) in [5.74, 6) is 0. The minimum Gasteiger partial charge on any atom is -0.166 e. The fraction of sp³-hybridized carbons (Fsp3) is 0.200. The summed E-state index contributed by atoms with van der Waals surface area (Å²) >= 11 is 6.36. The zero-order valence-corrected chi connectivity index (χ0v) is 10.7. The Morgan fingerprint density at radius 3 is 2.47 bits per heavy atom. The molecule has 0 bridgehead atoms. The first-order chi connectivity index (χ1) is 6.95. The molecule has 1 rings (SSSR count). The molecule has 0 fully saturated rings. The van der Waals surface area contributed by atoms with Crippen LogP contribution in [0.4, 0.5) is 13.2 Å². The summed E-state index contributed by atoms with van der Waals surface area (Å²) < 4.78 is 37.8. The molecule has 0 aliphatic rings. The molecule has 0 nitrogen and oxygen atoms in total. The Balaban J connectivity index is 3.11. The quantitative estimate of drug-likeness (QED) is 0.671. The highest BCUT2D eigenvalue weighted by Crippen LogP contribution is 2.32. The first-order valence-electron chi connectivity index (χ1n) is 4.04. The Morgan fingerprint density at radius 2 is 1.93 bits per heavy atom. The van der Waals surface area contributed by atoms with Crippen molar-refractivity contribution >= 4 is 37.9 Å². The van der Waals surface area contributed by atoms with E-state index in [2.05, 4.69) is 31.9 Å². The van der Waals surface area contributed by atoms with Crippen molar-refractivity contribution in [3.8, 4) is 0 Å². The van der Waals surface area contributed by atoms with Crippen molar-refractivity contribution in [3.05, 3.63) is 39.9 Å². The van der Waals surface area contributed by atoms with Crippen LogP contribution in [0.5, 0.6) is 0 Å². The van der Waals surface area contributed by atoms with Gasteiger partial charge in [0, 0.05) is 9.80 Å². The standard InChI is InChI=1S/C10H7Br2F3/c11-5-1-2-7-6-8(10(13,14)15)3-4-9(7)12/h1-4,6H,5H2. The highest BCUT2D eigenvalue weighted by molar-refractivity contribution is 9.10. The summed E-state index contributed by atoms with van der Waals surface area (Å²) in [5.41, 5.74) is -0.121. The lowest BCUT2D eigenvalue weighted by molar-refractivity contribution is -0.137. The van der Waals surface area contributed by atoms with Crippen molar-refractivity contribution in [3.63, 3.8) is 0 Å². The summed E-state index contributed by atoms with van der Waals surface area (Å²) in [5, 5.41) is 0.607. The molecule has 0 spiro atoms. The number of benzene rings is 1. The molecule has 1 aromatic carbocycles. The van der Waals surface area contributed by atoms with E-state index in [1.54, 1.807) is 12.2 Å². The third kappa shape index (κ3) is 3.65. The Labute approximate surface area is 102 Å². The van der Waals surface area contributed by atoms with E-state index in [1.807, 2.05) is 0 Å². The lowest BCUT2D eigenvalue weighted by atomic mass is 10.1. The number of hydrogen-bond acceptors (Lipinski definition) is 0. The minimum absolute atomic E-state index is 0.518. The van der Waals surface area contributed by atoms with Gasteiger partial charge in [0.2, 0.25) is 0 Å². The van der Waals surface area contributed by atoms with Gasteiger partial charge in [-0.2, -0.15) is 13.2 Å². The Hall–Kier alpha value is -0.290. The third-order valence-electron chi connectivity index (χ3n) is 1.71. The van der Waals surface area contributed by atoms with Crippen LogP contribution in [-0.4, -0.2) is 5.33 Å². The number of halogens is 5. The maximum atomic E-state index is 12.4. The third-order valence-corrected chi connectivity index (χ3v) is 2.81. The van der Waals surface area contributed by atoms with Gasteiger partial charge in [-0.25, -0.2) is 0 Å². The second-order valence-corrected chi connectivity index (χ2v) is 4.29. The molecule has 0 saturated heterocycles. The van der Waals surface area contributed by atoms with Crippen LogP contribution in [0.15, 0.2) is 28.7 Å². The van der Waals surface area contributed by atoms with Crippen molar-refractivity contribution in [1.29, 1.82) is 0 Å². The zero-order chi connectivity index (χ0) is 11.5. The van der Waals surface area contributed by atoms with Gasteiger partial charge in [-0.15, -0.1) is 0 Å². The number of alkyl halides is 4. The molecular weight excluding hydrogens is 337 g/mol. The smallest absolute Gasteiger partial charge is 0.166 e. The molecule has 0 heterocycles. The van der Waals surface area contributed by atoms with Crippen LogP contribution in [0, 0.1) is 0 Å². The van der Waals surface area contributed by atoms with Gasteiger partial charge in [0.05, 0.1) is 5.56 Å². The van der Waals surface area contributed by atoms with E-state index in [-0.39, 0.29) is 0 Å². The van der Waals surface area contributed by atoms with E-state index in [0.29, 0.717) is 15.4 Å². The van der Waals surface area contributed by atoms with E-state index < -0.39 is 11.7 Å². The van der Waals surface area contributed by atoms with Crippen LogP contribution in [-0.2, 0) is 6.18 Å². The molecule has 15 heavy (non-hydrogen) atoms. The van der Waals surface area contributed by atoms with Crippen LogP contribution in [0.1, 0.15) is 11.1 Å². The molecular formula is C10H7Br2F3. The van der Waals surface area contributed by atoms with E-state index in [9.17, 15) is 13.2 Å². The topological polar surface area (TPSA) is 0 Å². The first kappa shape index (κ1) is 12.8. The van der Waals surface area contributed by atoms with Crippen molar-refractivity contribution < 1.29 is 13.2 Å². The van der Waals surface area contributed by atoms with Crippen LogP contribution in [0.25, 0.3) is 6.08 Å². The second kappa shape index (κ2) is 5.16. The van der Waals surface area contributed by atoms with Gasteiger partial charge in [-0.3, -0.25) is 0 Å². The van der Waals surface area contributed by atoms with Gasteiger partial charge in [0.25, 0.3) is 0 Å². The van der Waals surface area contributed by atoms with E-state index in [0.717, 1.165) is 12.1 Å². The first-order valence-corrected chi connectivity index (χ1v) is 5.96. The van der Waals surface area contributed by atoms with Crippen molar-refractivity contribution in [2.24, 2.45) is 0 Å². The summed E-state index contributed by atoms with van der Waals surface area (Å²) in [4.78, 5) is 0. The van der Waals surface area contributed by atoms with Gasteiger partial charge < -0.3 is 0 Å². The van der Waals surface area contributed by atoms with Crippen LogP contribution < -0.4 is 0 Å². The van der Waals surface area contributed by atoms with E-state index in [1.165, 1.54) is 6.07 Å². The summed E-state index contributed by atoms with van der Waals surface area (Å²) in [6.07, 6.45) is -0.925. The molecule has 0 N–H and O–H groups in total. The number of hydrogen-bond donors (Lipinski definition) is 0. The molecule has 0 atom stereocenters. The SMILES string of the molecule is FC(F)(F)c1ccc(Br)c(C=CCBr)c1. The van der Waals surface area contributed by atoms with Gasteiger partial charge in [-0.05, 0) is 23.8 Å². The summed E-state index contributed by atoms with van der Waals surface area (Å²) in [7, 11) is 0. The van der Waals surface area contributed by atoms with E-state index in [4.69, 9.17) is 0 Å². The molecule has 0 aliphatic carbocycles. The Bertz CT molecular complexity index is 369. The molecule has 0 unspecified atom stereocenters. The van der Waals surface area contributed by atoms with E-state index >= 15 is 0 Å². The lowest BCUT2D eigenvalue weighted by Crippen LogP contribution is -2.04. The zero-order valence-electron chi connectivity index (χ0n) is 7.48. The summed E-state index contributed by atoms with van der Waals surface area (Å²) in [6.45, 7) is 0. The molecule has 0 saturated carbocycles. The lowest BCUT2D eigenvalue weighted by Gasteiger charge is -2.08. The highest BCUT2D eigenvalue weighted by atomic mass is 79.9. The highest BCUT2D eigenvalue weighted by Gasteiger charge is 2.30. The molecule has 0 aliphatic heterocycles. The van der Waals surface area contributed by atoms with Gasteiger partial charge in [0.1, 0.15) is 0 Å². The molecule has 82 valence electrons. The monoisotopic (exact) mass is 342 g/mol. The second-order valence-electron chi connectivity index (χ2n) is 2.79. The average Bonchev–Trinajstić information content (AvgIpc) is 2.15. The van der Waals surface area contributed by atoms with Crippen molar-refractivity contribution in [1.82, 2.24) is 0 Å². The van der Waals surface area contributed by atoms with Crippen LogP contribution in [0.2, 0.25) is 0 Å². The van der Waals surface area contributed by atoms with Crippen LogP contribution >= 0.6 is 31.9 Å². The van der Waals surface area contributed by atoms with Gasteiger partial charge >= 0.3 is 6.18 Å². The molecule has 5 heteroatoms. The predicted octanol–water partition coefficient (Wildman–Crippen LogP) is 4.88. The maximum Gasteiger partial charge on any atom is 0.416 e. The van der Waals surface area contributed by atoms with Crippen molar-refractivity contribution in [2.45, 2.75) is 6.18 Å².